The fraction of sp³-hybridized carbons (Fsp3) is 0.316. The van der Waals surface area contributed by atoms with Crippen molar-refractivity contribution in [3.63, 3.8) is 0 Å². The maximum Gasteiger partial charge on any atom is 0.262 e. The van der Waals surface area contributed by atoms with Crippen molar-refractivity contribution in [1.82, 2.24) is 0 Å². The number of ether oxygens (including phenoxy) is 1. The summed E-state index contributed by atoms with van der Waals surface area (Å²) in [6.45, 7) is 8.35. The topological polar surface area (TPSA) is 38.3 Å². The molecule has 2 aromatic carbocycles. The normalized spacial score (nSPS) is 11.2. The van der Waals surface area contributed by atoms with Crippen LogP contribution in [0.2, 0.25) is 0 Å². The molecule has 1 amide bonds. The van der Waals surface area contributed by atoms with Gasteiger partial charge in [-0.1, -0.05) is 45.0 Å². The molecule has 0 heterocycles. The number of benzene rings is 2. The Morgan fingerprint density at radius 1 is 1.17 bits per heavy atom. The zero-order chi connectivity index (χ0) is 17.0. The average molecular weight is 376 g/mol. The molecule has 0 aliphatic rings. The number of hydrogen-bond acceptors (Lipinski definition) is 2. The first kappa shape index (κ1) is 17.5. The second-order valence-corrected chi connectivity index (χ2v) is 7.42. The van der Waals surface area contributed by atoms with Crippen molar-refractivity contribution >= 4 is 27.5 Å². The Hall–Kier alpha value is -1.81. The van der Waals surface area contributed by atoms with E-state index in [-0.39, 0.29) is 17.9 Å². The molecule has 0 spiro atoms. The summed E-state index contributed by atoms with van der Waals surface area (Å²) in [5.41, 5.74) is 3.03. The second kappa shape index (κ2) is 7.18. The highest BCUT2D eigenvalue weighted by molar-refractivity contribution is 9.10. The molecule has 2 aromatic rings. The van der Waals surface area contributed by atoms with Gasteiger partial charge in [0, 0.05) is 5.69 Å². The molecule has 0 aliphatic carbocycles. The Morgan fingerprint density at radius 3 is 2.52 bits per heavy atom. The van der Waals surface area contributed by atoms with Gasteiger partial charge in [-0.2, -0.15) is 0 Å². The van der Waals surface area contributed by atoms with Crippen LogP contribution in [-0.2, 0) is 10.2 Å². The Bertz CT molecular complexity index is 705. The van der Waals surface area contributed by atoms with Crippen LogP contribution in [0, 0.1) is 6.92 Å². The van der Waals surface area contributed by atoms with Crippen molar-refractivity contribution in [2.45, 2.75) is 33.1 Å². The number of rotatable bonds is 4. The molecule has 0 fully saturated rings. The van der Waals surface area contributed by atoms with Gasteiger partial charge >= 0.3 is 0 Å². The summed E-state index contributed by atoms with van der Waals surface area (Å²) >= 11 is 3.45. The van der Waals surface area contributed by atoms with E-state index in [0.29, 0.717) is 5.75 Å². The molecule has 1 N–H and O–H groups in total. The molecule has 4 heteroatoms. The first-order valence-corrected chi connectivity index (χ1v) is 8.35. The molecule has 0 saturated carbocycles. The minimum atomic E-state index is -0.172. The zero-order valence-corrected chi connectivity index (χ0v) is 15.5. The van der Waals surface area contributed by atoms with Gasteiger partial charge in [0.1, 0.15) is 5.75 Å². The summed E-state index contributed by atoms with van der Waals surface area (Å²) in [4.78, 5) is 12.2. The van der Waals surface area contributed by atoms with Crippen LogP contribution in [0.4, 0.5) is 5.69 Å². The maximum absolute atomic E-state index is 12.2. The van der Waals surface area contributed by atoms with Gasteiger partial charge in [-0.15, -0.1) is 0 Å². The molecular formula is C19H22BrNO2. The summed E-state index contributed by atoms with van der Waals surface area (Å²) in [6, 6.07) is 13.6. The van der Waals surface area contributed by atoms with Gasteiger partial charge in [0.15, 0.2) is 6.61 Å². The summed E-state index contributed by atoms with van der Waals surface area (Å²) in [5.74, 6) is 0.490. The fourth-order valence-corrected chi connectivity index (χ4v) is 2.91. The molecule has 0 atom stereocenters. The largest absolute Gasteiger partial charge is 0.483 e. The quantitative estimate of drug-likeness (QED) is 0.809. The third kappa shape index (κ3) is 4.83. The summed E-state index contributed by atoms with van der Waals surface area (Å²) < 4.78 is 6.44. The van der Waals surface area contributed by atoms with E-state index in [4.69, 9.17) is 4.74 Å². The molecule has 23 heavy (non-hydrogen) atoms. The molecule has 0 aliphatic heterocycles. The van der Waals surface area contributed by atoms with Gasteiger partial charge in [-0.3, -0.25) is 4.79 Å². The highest BCUT2D eigenvalue weighted by Gasteiger charge is 2.18. The van der Waals surface area contributed by atoms with E-state index in [0.717, 1.165) is 21.3 Å². The lowest BCUT2D eigenvalue weighted by atomic mass is 9.86. The summed E-state index contributed by atoms with van der Waals surface area (Å²) in [7, 11) is 0. The Labute approximate surface area is 146 Å². The number of hydrogen-bond donors (Lipinski definition) is 1. The van der Waals surface area contributed by atoms with E-state index < -0.39 is 0 Å². The first-order chi connectivity index (χ1) is 10.8. The van der Waals surface area contributed by atoms with E-state index >= 15 is 0 Å². The molecule has 0 unspecified atom stereocenters. The van der Waals surface area contributed by atoms with Gasteiger partial charge in [-0.25, -0.2) is 0 Å². The van der Waals surface area contributed by atoms with Crippen LogP contribution in [0.1, 0.15) is 31.9 Å². The minimum Gasteiger partial charge on any atom is -0.483 e. The zero-order valence-electron chi connectivity index (χ0n) is 13.9. The predicted molar refractivity (Wildman–Crippen MR) is 98.1 cm³/mol. The van der Waals surface area contributed by atoms with Crippen LogP contribution in [0.3, 0.4) is 0 Å². The van der Waals surface area contributed by atoms with E-state index in [9.17, 15) is 4.79 Å². The Morgan fingerprint density at radius 2 is 1.87 bits per heavy atom. The van der Waals surface area contributed by atoms with Crippen LogP contribution in [-0.4, -0.2) is 12.5 Å². The smallest absolute Gasteiger partial charge is 0.262 e. The molecule has 2 rings (SSSR count). The standard InChI is InChI=1S/C19H22BrNO2/c1-13-9-10-17(15(20)11-13)23-12-18(22)21-16-8-6-5-7-14(16)19(2,3)4/h5-11H,12H2,1-4H3,(H,21,22). The molecular weight excluding hydrogens is 354 g/mol. The summed E-state index contributed by atoms with van der Waals surface area (Å²) in [5, 5.41) is 2.94. The van der Waals surface area contributed by atoms with Crippen LogP contribution >= 0.6 is 15.9 Å². The van der Waals surface area contributed by atoms with E-state index in [1.165, 1.54) is 0 Å². The van der Waals surface area contributed by atoms with Gasteiger partial charge in [0.05, 0.1) is 4.47 Å². The van der Waals surface area contributed by atoms with Crippen molar-refractivity contribution in [3.8, 4) is 5.75 Å². The summed E-state index contributed by atoms with van der Waals surface area (Å²) in [6.07, 6.45) is 0. The van der Waals surface area contributed by atoms with Gasteiger partial charge in [-0.05, 0) is 57.6 Å². The number of nitrogens with one attached hydrogen (secondary N) is 1. The highest BCUT2D eigenvalue weighted by Crippen LogP contribution is 2.29. The van der Waals surface area contributed by atoms with E-state index in [1.54, 1.807) is 0 Å². The van der Waals surface area contributed by atoms with Crippen LogP contribution in [0.5, 0.6) is 5.75 Å². The van der Waals surface area contributed by atoms with Crippen molar-refractivity contribution in [1.29, 1.82) is 0 Å². The average Bonchev–Trinajstić information content (AvgIpc) is 2.46. The lowest BCUT2D eigenvalue weighted by Gasteiger charge is -2.23. The van der Waals surface area contributed by atoms with E-state index in [2.05, 4.69) is 42.0 Å². The van der Waals surface area contributed by atoms with Gasteiger partial charge in [0.2, 0.25) is 0 Å². The second-order valence-electron chi connectivity index (χ2n) is 6.57. The minimum absolute atomic E-state index is 0.0276. The number of amides is 1. The molecule has 0 aromatic heterocycles. The van der Waals surface area contributed by atoms with Crippen LogP contribution < -0.4 is 10.1 Å². The van der Waals surface area contributed by atoms with Crippen molar-refractivity contribution in [2.24, 2.45) is 0 Å². The number of aryl methyl sites for hydroxylation is 1. The number of halogens is 1. The van der Waals surface area contributed by atoms with E-state index in [1.807, 2.05) is 49.4 Å². The fourth-order valence-electron chi connectivity index (χ4n) is 2.30. The molecule has 0 saturated heterocycles. The monoisotopic (exact) mass is 375 g/mol. The molecule has 0 radical (unpaired) electrons. The van der Waals surface area contributed by atoms with Gasteiger partial charge < -0.3 is 10.1 Å². The van der Waals surface area contributed by atoms with Crippen molar-refractivity contribution in [2.75, 3.05) is 11.9 Å². The van der Waals surface area contributed by atoms with Gasteiger partial charge in [0.25, 0.3) is 5.91 Å². The third-order valence-electron chi connectivity index (χ3n) is 3.46. The Balaban J connectivity index is 2.03. The maximum atomic E-state index is 12.2. The highest BCUT2D eigenvalue weighted by atomic mass is 79.9. The molecule has 3 nitrogen and oxygen atoms in total. The predicted octanol–water partition coefficient (Wildman–Crippen LogP) is 5.07. The number of para-hydroxylation sites is 1. The third-order valence-corrected chi connectivity index (χ3v) is 4.08. The van der Waals surface area contributed by atoms with Crippen molar-refractivity contribution in [3.05, 3.63) is 58.1 Å². The van der Waals surface area contributed by atoms with Crippen molar-refractivity contribution < 1.29 is 9.53 Å². The number of carbonyl (C=O) groups excluding carboxylic acids is 1. The SMILES string of the molecule is Cc1ccc(OCC(=O)Nc2ccccc2C(C)(C)C)c(Br)c1. The van der Waals surface area contributed by atoms with Crippen LogP contribution in [0.15, 0.2) is 46.9 Å². The molecule has 122 valence electrons. The number of anilines is 1. The van der Waals surface area contributed by atoms with Crippen LogP contribution in [0.25, 0.3) is 0 Å². The lowest BCUT2D eigenvalue weighted by Crippen LogP contribution is -2.23. The number of carbonyl (C=O) groups is 1. The lowest BCUT2D eigenvalue weighted by molar-refractivity contribution is -0.118. The Kier molecular flexibility index (Phi) is 5.47. The molecule has 0 bridgehead atoms. The first-order valence-electron chi connectivity index (χ1n) is 7.55.